The second-order valence-electron chi connectivity index (χ2n) is 11.3. The van der Waals surface area contributed by atoms with Crippen LogP contribution >= 0.6 is 11.6 Å². The third-order valence-corrected chi connectivity index (χ3v) is 8.02. The van der Waals surface area contributed by atoms with Crippen LogP contribution in [0.1, 0.15) is 49.4 Å². The average molecular weight is 531 g/mol. The monoisotopic (exact) mass is 530 g/mol. The van der Waals surface area contributed by atoms with E-state index in [2.05, 4.69) is 6.58 Å². The zero-order chi connectivity index (χ0) is 27.9. The van der Waals surface area contributed by atoms with Crippen LogP contribution in [0.25, 0.3) is 10.8 Å². The largest absolute Gasteiger partial charge is 0.508 e. The first-order chi connectivity index (χ1) is 17.0. The smallest absolute Gasteiger partial charge is 0.255 e. The van der Waals surface area contributed by atoms with Gasteiger partial charge in [-0.05, 0) is 55.5 Å². The highest BCUT2D eigenvalue weighted by molar-refractivity contribution is 6.48. The molecule has 9 nitrogen and oxygen atoms in total. The zero-order valence-corrected chi connectivity index (χ0v) is 22.1. The summed E-state index contributed by atoms with van der Waals surface area (Å²) in [5, 5.41) is 45.5. The summed E-state index contributed by atoms with van der Waals surface area (Å²) >= 11 is 6.33. The van der Waals surface area contributed by atoms with Gasteiger partial charge in [-0.15, -0.1) is 0 Å². The molecule has 0 bridgehead atoms. The summed E-state index contributed by atoms with van der Waals surface area (Å²) in [4.78, 5) is 40.6. The van der Waals surface area contributed by atoms with Crippen LogP contribution < -0.4 is 5.73 Å². The van der Waals surface area contributed by atoms with Crippen molar-refractivity contribution in [2.24, 2.45) is 17.6 Å². The molecule has 1 amide bonds. The van der Waals surface area contributed by atoms with Gasteiger partial charge in [0.25, 0.3) is 5.91 Å². The lowest BCUT2D eigenvalue weighted by Gasteiger charge is -2.50. The number of phenolic OH excluding ortho intramolecular Hbond substituents is 1. The third-order valence-electron chi connectivity index (χ3n) is 7.82. The molecule has 0 spiro atoms. The number of benzene rings is 1. The Labute approximate surface area is 219 Å². The van der Waals surface area contributed by atoms with Gasteiger partial charge in [-0.2, -0.15) is 0 Å². The van der Waals surface area contributed by atoms with Gasteiger partial charge in [-0.1, -0.05) is 39.0 Å². The predicted octanol–water partition coefficient (Wildman–Crippen LogP) is 2.47. The maximum absolute atomic E-state index is 13.9. The van der Waals surface area contributed by atoms with Crippen LogP contribution in [0.5, 0.6) is 5.75 Å². The van der Waals surface area contributed by atoms with Crippen molar-refractivity contribution in [2.45, 2.75) is 50.7 Å². The summed E-state index contributed by atoms with van der Waals surface area (Å²) in [6.07, 6.45) is 0.148. The van der Waals surface area contributed by atoms with Crippen LogP contribution in [0, 0.1) is 11.8 Å². The molecule has 37 heavy (non-hydrogen) atoms. The van der Waals surface area contributed by atoms with Gasteiger partial charge >= 0.3 is 0 Å². The van der Waals surface area contributed by atoms with Crippen molar-refractivity contribution in [3.05, 3.63) is 51.8 Å². The SMILES string of the molecule is C=C(Cl)c1cc(C(C)(C)C)c(O)c2c1C[C@@H]1C[C@@H]3[C@@H](N(C)C)C(=O)C(C(N)=O)=C(O)[C@]3(O)C(=O)C1=C2O. The molecule has 0 aromatic heterocycles. The maximum Gasteiger partial charge on any atom is 0.255 e. The second-order valence-corrected chi connectivity index (χ2v) is 11.7. The number of Topliss-reactive ketones (excluding diaryl/α,β-unsaturated/α-hetero) is 2. The molecule has 0 heterocycles. The zero-order valence-electron chi connectivity index (χ0n) is 21.3. The summed E-state index contributed by atoms with van der Waals surface area (Å²) in [7, 11) is 3.10. The summed E-state index contributed by atoms with van der Waals surface area (Å²) in [5.74, 6) is -6.87. The molecule has 0 unspecified atom stereocenters. The summed E-state index contributed by atoms with van der Waals surface area (Å²) in [5.41, 5.74) is 2.49. The van der Waals surface area contributed by atoms with Crippen molar-refractivity contribution >= 4 is 39.9 Å². The number of amides is 1. The van der Waals surface area contributed by atoms with Gasteiger partial charge in [-0.25, -0.2) is 0 Å². The number of ketones is 2. The number of carbonyl (C=O) groups is 3. The maximum atomic E-state index is 13.9. The minimum atomic E-state index is -2.68. The molecule has 3 aliphatic carbocycles. The fourth-order valence-electron chi connectivity index (χ4n) is 6.13. The van der Waals surface area contributed by atoms with Crippen LogP contribution in [0.3, 0.4) is 0 Å². The van der Waals surface area contributed by atoms with Crippen molar-refractivity contribution in [2.75, 3.05) is 14.1 Å². The van der Waals surface area contributed by atoms with Crippen molar-refractivity contribution in [3.63, 3.8) is 0 Å². The van der Waals surface area contributed by atoms with Crippen molar-refractivity contribution in [1.29, 1.82) is 0 Å². The normalized spacial score (nSPS) is 27.7. The van der Waals surface area contributed by atoms with E-state index >= 15 is 0 Å². The fraction of sp³-hybridized carbons (Fsp3) is 0.444. The molecule has 0 aliphatic heterocycles. The van der Waals surface area contributed by atoms with E-state index in [1.54, 1.807) is 20.2 Å². The highest BCUT2D eigenvalue weighted by atomic mass is 35.5. The molecule has 0 radical (unpaired) electrons. The number of fused-ring (bicyclic) bond motifs is 3. The van der Waals surface area contributed by atoms with Gasteiger partial charge in [0.05, 0.1) is 11.6 Å². The molecular weight excluding hydrogens is 500 g/mol. The molecule has 10 heteroatoms. The molecule has 4 atom stereocenters. The summed E-state index contributed by atoms with van der Waals surface area (Å²) < 4.78 is 0. The number of phenols is 1. The number of rotatable bonds is 3. The average Bonchev–Trinajstić information content (AvgIpc) is 2.74. The first-order valence-corrected chi connectivity index (χ1v) is 12.2. The Balaban J connectivity index is 2.04. The number of primary amides is 1. The minimum Gasteiger partial charge on any atom is -0.508 e. The number of halogens is 1. The number of carbonyl (C=O) groups excluding carboxylic acids is 3. The van der Waals surface area contributed by atoms with E-state index in [1.807, 2.05) is 20.8 Å². The third kappa shape index (κ3) is 3.63. The van der Waals surface area contributed by atoms with Crippen LogP contribution in [0.2, 0.25) is 0 Å². The van der Waals surface area contributed by atoms with E-state index in [0.29, 0.717) is 16.7 Å². The van der Waals surface area contributed by atoms with Crippen LogP contribution in [-0.2, 0) is 26.2 Å². The topological polar surface area (TPSA) is 161 Å². The lowest BCUT2D eigenvalue weighted by atomic mass is 9.57. The Hall–Kier alpha value is -3.14. The number of aliphatic hydroxyl groups is 3. The number of aliphatic hydroxyl groups excluding tert-OH is 2. The lowest BCUT2D eigenvalue weighted by Crippen LogP contribution is -2.65. The Morgan fingerprint density at radius 1 is 1.22 bits per heavy atom. The molecular formula is C27H31ClN2O7. The fourth-order valence-corrected chi connectivity index (χ4v) is 6.29. The van der Waals surface area contributed by atoms with Crippen molar-refractivity contribution in [3.8, 4) is 5.75 Å². The van der Waals surface area contributed by atoms with E-state index in [0.717, 1.165) is 0 Å². The van der Waals surface area contributed by atoms with Gasteiger partial charge in [0.2, 0.25) is 5.78 Å². The molecule has 1 saturated carbocycles. The molecule has 4 rings (SSSR count). The van der Waals surface area contributed by atoms with E-state index in [9.17, 15) is 34.8 Å². The number of hydrogen-bond donors (Lipinski definition) is 5. The van der Waals surface area contributed by atoms with Crippen molar-refractivity contribution < 1.29 is 34.8 Å². The Morgan fingerprint density at radius 2 is 1.81 bits per heavy atom. The standard InChI is InChI=1S/C27H31ClN2O7/c1-10(28)12-9-15(26(2,3)4)20(31)17-13(12)7-11-8-14-19(30(5)6)22(33)18(25(29)36)24(35)27(14,37)23(34)16(11)21(17)32/h9,11,14,19,31-32,35,37H,1,7-8H2,2-6H3,(H2,29,36)/t11-,14-,19-,27-/m1/s1. The van der Waals surface area contributed by atoms with E-state index in [4.69, 9.17) is 17.3 Å². The molecule has 3 aliphatic rings. The van der Waals surface area contributed by atoms with E-state index < -0.39 is 63.5 Å². The Kier molecular flexibility index (Phi) is 6.14. The molecule has 0 saturated heterocycles. The number of nitrogens with two attached hydrogens (primary N) is 1. The molecule has 1 aromatic carbocycles. The van der Waals surface area contributed by atoms with Gasteiger partial charge in [0.15, 0.2) is 11.4 Å². The lowest BCUT2D eigenvalue weighted by molar-refractivity contribution is -0.153. The summed E-state index contributed by atoms with van der Waals surface area (Å²) in [6, 6.07) is 0.569. The summed E-state index contributed by atoms with van der Waals surface area (Å²) in [6.45, 7) is 9.41. The highest BCUT2D eigenvalue weighted by Crippen LogP contribution is 2.54. The number of hydrogen-bond acceptors (Lipinski definition) is 8. The molecule has 198 valence electrons. The van der Waals surface area contributed by atoms with Gasteiger partial charge in [0, 0.05) is 22.1 Å². The van der Waals surface area contributed by atoms with E-state index in [1.165, 1.54) is 4.90 Å². The van der Waals surface area contributed by atoms with Gasteiger partial charge in [-0.3, -0.25) is 19.3 Å². The Morgan fingerprint density at radius 3 is 2.30 bits per heavy atom. The molecule has 1 aromatic rings. The van der Waals surface area contributed by atoms with Crippen LogP contribution in [-0.4, -0.2) is 68.5 Å². The minimum absolute atomic E-state index is 0.000476. The van der Waals surface area contributed by atoms with E-state index in [-0.39, 0.29) is 34.8 Å². The van der Waals surface area contributed by atoms with Crippen LogP contribution in [0.15, 0.2) is 29.6 Å². The molecule has 1 fully saturated rings. The van der Waals surface area contributed by atoms with Crippen molar-refractivity contribution in [1.82, 2.24) is 4.90 Å². The first kappa shape index (κ1) is 26.9. The number of aromatic hydroxyl groups is 1. The predicted molar refractivity (Wildman–Crippen MR) is 138 cm³/mol. The Bertz CT molecular complexity index is 1350. The number of nitrogens with zero attached hydrogens (tertiary/aromatic N) is 1. The number of likely N-dealkylation sites (N-methyl/N-ethyl adjacent to an activating group) is 1. The molecule has 6 N–H and O–H groups in total. The van der Waals surface area contributed by atoms with Gasteiger partial charge < -0.3 is 26.2 Å². The van der Waals surface area contributed by atoms with Gasteiger partial charge in [0.1, 0.15) is 22.8 Å². The first-order valence-electron chi connectivity index (χ1n) is 11.8. The second kappa shape index (κ2) is 8.44. The van der Waals surface area contributed by atoms with Crippen LogP contribution in [0.4, 0.5) is 0 Å². The quantitative estimate of drug-likeness (QED) is 0.372. The highest BCUT2D eigenvalue weighted by Gasteiger charge is 2.64.